The van der Waals surface area contributed by atoms with Crippen LogP contribution in [0.25, 0.3) is 0 Å². The molecule has 0 saturated heterocycles. The van der Waals surface area contributed by atoms with Crippen molar-refractivity contribution in [3.05, 3.63) is 23.8 Å². The van der Waals surface area contributed by atoms with Crippen molar-refractivity contribution < 1.29 is 9.84 Å². The Morgan fingerprint density at radius 3 is 2.64 bits per heavy atom. The lowest BCUT2D eigenvalue weighted by Crippen LogP contribution is -2.20. The number of rotatable bonds is 3. The molecule has 0 aromatic heterocycles. The molecule has 14 heavy (non-hydrogen) atoms. The minimum atomic E-state index is -0.213. The maximum absolute atomic E-state index is 9.29. The van der Waals surface area contributed by atoms with Gasteiger partial charge in [0.1, 0.15) is 0 Å². The Balaban J connectivity index is 0.00000169. The molecule has 0 unspecified atom stereocenters. The molecule has 0 aliphatic heterocycles. The maximum Gasteiger partial charge on any atom is 0.160 e. The van der Waals surface area contributed by atoms with Gasteiger partial charge in [0.15, 0.2) is 11.5 Å². The van der Waals surface area contributed by atoms with Crippen LogP contribution in [0.1, 0.15) is 11.6 Å². The standard InChI is InChI=1S/C9H14N2O2.ClH/c1-13-9-4-6(7(11)5-10)2-3-8(9)12;/h2-4,7,12H,5,10-11H2,1H3;1H/t7-;/m1./s1. The Morgan fingerprint density at radius 2 is 2.14 bits per heavy atom. The van der Waals surface area contributed by atoms with E-state index in [1.54, 1.807) is 18.2 Å². The van der Waals surface area contributed by atoms with Gasteiger partial charge in [-0.05, 0) is 17.7 Å². The molecule has 1 rings (SSSR count). The van der Waals surface area contributed by atoms with E-state index < -0.39 is 0 Å². The van der Waals surface area contributed by atoms with Gasteiger partial charge in [0, 0.05) is 12.6 Å². The van der Waals surface area contributed by atoms with Crippen LogP contribution >= 0.6 is 12.4 Å². The number of phenolic OH excluding ortho intramolecular Hbond substituents is 1. The lowest BCUT2D eigenvalue weighted by atomic mass is 10.1. The Bertz CT molecular complexity index is 294. The molecule has 5 N–H and O–H groups in total. The van der Waals surface area contributed by atoms with Gasteiger partial charge in [-0.3, -0.25) is 0 Å². The second-order valence-electron chi connectivity index (χ2n) is 2.77. The van der Waals surface area contributed by atoms with Crippen LogP contribution in [0.4, 0.5) is 0 Å². The zero-order chi connectivity index (χ0) is 9.84. The zero-order valence-corrected chi connectivity index (χ0v) is 8.75. The first-order valence-electron chi connectivity index (χ1n) is 4.01. The van der Waals surface area contributed by atoms with Gasteiger partial charge in [-0.2, -0.15) is 0 Å². The third-order valence-electron chi connectivity index (χ3n) is 1.89. The predicted molar refractivity (Wildman–Crippen MR) is 57.9 cm³/mol. The lowest BCUT2D eigenvalue weighted by molar-refractivity contribution is 0.372. The smallest absolute Gasteiger partial charge is 0.160 e. The van der Waals surface area contributed by atoms with Gasteiger partial charge in [0.05, 0.1) is 7.11 Å². The average Bonchev–Trinajstić information content (AvgIpc) is 2.17. The number of methoxy groups -OCH3 is 1. The number of halogens is 1. The summed E-state index contributed by atoms with van der Waals surface area (Å²) in [5, 5.41) is 9.29. The van der Waals surface area contributed by atoms with Crippen molar-refractivity contribution in [2.45, 2.75) is 6.04 Å². The second-order valence-corrected chi connectivity index (χ2v) is 2.77. The van der Waals surface area contributed by atoms with E-state index in [1.165, 1.54) is 7.11 Å². The third-order valence-corrected chi connectivity index (χ3v) is 1.89. The summed E-state index contributed by atoms with van der Waals surface area (Å²) in [4.78, 5) is 0. The average molecular weight is 219 g/mol. The highest BCUT2D eigenvalue weighted by Gasteiger charge is 2.07. The van der Waals surface area contributed by atoms with E-state index in [-0.39, 0.29) is 24.2 Å². The zero-order valence-electron chi connectivity index (χ0n) is 7.93. The van der Waals surface area contributed by atoms with E-state index in [0.717, 1.165) is 5.56 Å². The molecular weight excluding hydrogens is 204 g/mol. The SMILES string of the molecule is COc1cc([C@H](N)CN)ccc1O.Cl. The first-order valence-corrected chi connectivity index (χ1v) is 4.01. The van der Waals surface area contributed by atoms with E-state index >= 15 is 0 Å². The Morgan fingerprint density at radius 1 is 1.50 bits per heavy atom. The van der Waals surface area contributed by atoms with E-state index in [2.05, 4.69) is 0 Å². The second kappa shape index (κ2) is 5.70. The summed E-state index contributed by atoms with van der Waals surface area (Å²) in [7, 11) is 1.49. The number of aromatic hydroxyl groups is 1. The molecule has 4 nitrogen and oxygen atoms in total. The normalized spacial score (nSPS) is 11.6. The van der Waals surface area contributed by atoms with Crippen LogP contribution in [0.2, 0.25) is 0 Å². The molecule has 0 heterocycles. The molecule has 0 bridgehead atoms. The highest BCUT2D eigenvalue weighted by Crippen LogP contribution is 2.27. The van der Waals surface area contributed by atoms with Crippen LogP contribution in [0.15, 0.2) is 18.2 Å². The lowest BCUT2D eigenvalue weighted by Gasteiger charge is -2.11. The van der Waals surface area contributed by atoms with Crippen molar-refractivity contribution in [1.82, 2.24) is 0 Å². The van der Waals surface area contributed by atoms with E-state index in [4.69, 9.17) is 16.2 Å². The highest BCUT2D eigenvalue weighted by molar-refractivity contribution is 5.85. The van der Waals surface area contributed by atoms with Gasteiger partial charge < -0.3 is 21.3 Å². The third kappa shape index (κ3) is 2.77. The van der Waals surface area contributed by atoms with Crippen LogP contribution in [-0.4, -0.2) is 18.8 Å². The van der Waals surface area contributed by atoms with Crippen LogP contribution in [0, 0.1) is 0 Å². The molecule has 5 heteroatoms. The van der Waals surface area contributed by atoms with Crippen LogP contribution in [-0.2, 0) is 0 Å². The summed E-state index contributed by atoms with van der Waals surface area (Å²) in [5.41, 5.74) is 12.0. The molecule has 0 spiro atoms. The van der Waals surface area contributed by atoms with Gasteiger partial charge in [-0.1, -0.05) is 6.07 Å². The van der Waals surface area contributed by atoms with E-state index in [0.29, 0.717) is 12.3 Å². The first kappa shape index (κ1) is 13.0. The van der Waals surface area contributed by atoms with Gasteiger partial charge in [-0.25, -0.2) is 0 Å². The van der Waals surface area contributed by atoms with Gasteiger partial charge >= 0.3 is 0 Å². The molecule has 0 aliphatic rings. The van der Waals surface area contributed by atoms with Crippen molar-refractivity contribution in [3.63, 3.8) is 0 Å². The summed E-state index contributed by atoms with van der Waals surface area (Å²) >= 11 is 0. The van der Waals surface area contributed by atoms with Crippen LogP contribution < -0.4 is 16.2 Å². The fraction of sp³-hybridized carbons (Fsp3) is 0.333. The first-order chi connectivity index (χ1) is 6.19. The van der Waals surface area contributed by atoms with Gasteiger partial charge in [0.2, 0.25) is 0 Å². The van der Waals surface area contributed by atoms with Crippen molar-refractivity contribution in [2.75, 3.05) is 13.7 Å². The highest BCUT2D eigenvalue weighted by atomic mass is 35.5. The number of hydrogen-bond acceptors (Lipinski definition) is 4. The van der Waals surface area contributed by atoms with Crippen LogP contribution in [0.5, 0.6) is 11.5 Å². The Hall–Kier alpha value is -0.970. The largest absolute Gasteiger partial charge is 0.504 e. The molecule has 1 aromatic carbocycles. The van der Waals surface area contributed by atoms with Crippen molar-refractivity contribution in [2.24, 2.45) is 11.5 Å². The monoisotopic (exact) mass is 218 g/mol. The van der Waals surface area contributed by atoms with Crippen molar-refractivity contribution in [3.8, 4) is 11.5 Å². The van der Waals surface area contributed by atoms with Gasteiger partial charge in [-0.15, -0.1) is 12.4 Å². The molecule has 0 radical (unpaired) electrons. The molecule has 80 valence electrons. The topological polar surface area (TPSA) is 81.5 Å². The van der Waals surface area contributed by atoms with Crippen molar-refractivity contribution in [1.29, 1.82) is 0 Å². The number of hydrogen-bond donors (Lipinski definition) is 3. The van der Waals surface area contributed by atoms with Gasteiger partial charge in [0.25, 0.3) is 0 Å². The Kier molecular flexibility index (Phi) is 5.30. The summed E-state index contributed by atoms with van der Waals surface area (Å²) in [5.74, 6) is 0.525. The summed E-state index contributed by atoms with van der Waals surface area (Å²) < 4.78 is 4.93. The van der Waals surface area contributed by atoms with E-state index in [9.17, 15) is 5.11 Å². The number of ether oxygens (including phenoxy) is 1. The predicted octanol–water partition coefficient (Wildman–Crippen LogP) is 0.781. The summed E-state index contributed by atoms with van der Waals surface area (Å²) in [6.07, 6.45) is 0. The van der Waals surface area contributed by atoms with Crippen LogP contribution in [0.3, 0.4) is 0 Å². The molecular formula is C9H15ClN2O2. The minimum absolute atomic E-state index is 0. The molecule has 0 amide bonds. The number of nitrogens with two attached hydrogens (primary N) is 2. The molecule has 0 aliphatic carbocycles. The van der Waals surface area contributed by atoms with Crippen molar-refractivity contribution >= 4 is 12.4 Å². The molecule has 0 fully saturated rings. The maximum atomic E-state index is 9.29. The molecule has 1 aromatic rings. The minimum Gasteiger partial charge on any atom is -0.504 e. The summed E-state index contributed by atoms with van der Waals surface area (Å²) in [6.45, 7) is 0.369. The quantitative estimate of drug-likeness (QED) is 0.701. The number of benzene rings is 1. The summed E-state index contributed by atoms with van der Waals surface area (Å²) in [6, 6.07) is 4.75. The fourth-order valence-electron chi connectivity index (χ4n) is 1.06. The number of phenols is 1. The molecule has 1 atom stereocenters. The van der Waals surface area contributed by atoms with E-state index in [1.807, 2.05) is 0 Å². The fourth-order valence-corrected chi connectivity index (χ4v) is 1.06. The molecule has 0 saturated carbocycles. The Labute approximate surface area is 89.3 Å².